The third-order valence-electron chi connectivity index (χ3n) is 4.87. The Kier molecular flexibility index (Phi) is 7.44. The molecule has 0 unspecified atom stereocenters. The van der Waals surface area contributed by atoms with Gasteiger partial charge in [0.15, 0.2) is 0 Å². The van der Waals surface area contributed by atoms with Gasteiger partial charge >= 0.3 is 6.18 Å². The molecule has 0 spiro atoms. The lowest BCUT2D eigenvalue weighted by Gasteiger charge is -2.36. The number of carbonyl (C=O) groups is 1. The minimum absolute atomic E-state index is 0.0962. The van der Waals surface area contributed by atoms with Crippen LogP contribution in [-0.2, 0) is 6.18 Å². The molecule has 0 bridgehead atoms. The molecule has 1 aromatic carbocycles. The van der Waals surface area contributed by atoms with E-state index >= 15 is 0 Å². The van der Waals surface area contributed by atoms with E-state index < -0.39 is 11.7 Å². The highest BCUT2D eigenvalue weighted by molar-refractivity contribution is 6.34. The maximum Gasteiger partial charge on any atom is 0.416 e. The molecule has 1 N–H and O–H groups in total. The summed E-state index contributed by atoms with van der Waals surface area (Å²) in [6.07, 6.45) is -3.61. The second kappa shape index (κ2) is 9.85. The van der Waals surface area contributed by atoms with Crippen LogP contribution in [0.25, 0.3) is 0 Å². The van der Waals surface area contributed by atoms with Crippen LogP contribution in [0.2, 0.25) is 10.2 Å². The van der Waals surface area contributed by atoms with Crippen molar-refractivity contribution >= 4 is 34.8 Å². The van der Waals surface area contributed by atoms with Crippen molar-refractivity contribution in [3.63, 3.8) is 0 Å². The Hall–Kier alpha value is -2.03. The number of amides is 1. The van der Waals surface area contributed by atoms with Crippen molar-refractivity contribution in [1.82, 2.24) is 15.2 Å². The van der Waals surface area contributed by atoms with Gasteiger partial charge in [-0.15, -0.1) is 0 Å². The number of alkyl halides is 3. The van der Waals surface area contributed by atoms with Crippen LogP contribution in [0, 0.1) is 0 Å². The topological polar surface area (TPSA) is 48.5 Å². The van der Waals surface area contributed by atoms with Gasteiger partial charge in [0.25, 0.3) is 5.91 Å². The van der Waals surface area contributed by atoms with Crippen LogP contribution in [0.5, 0.6) is 0 Å². The number of hydrogen-bond acceptors (Lipinski definition) is 4. The summed E-state index contributed by atoms with van der Waals surface area (Å²) in [6, 6.07) is 8.46. The van der Waals surface area contributed by atoms with Gasteiger partial charge in [-0.1, -0.05) is 29.3 Å². The molecule has 2 heterocycles. The van der Waals surface area contributed by atoms with Crippen molar-refractivity contribution in [3.05, 3.63) is 57.8 Å². The van der Waals surface area contributed by atoms with Crippen LogP contribution in [0.3, 0.4) is 0 Å². The molecule has 10 heteroatoms. The minimum Gasteiger partial charge on any atom is -0.369 e. The van der Waals surface area contributed by atoms with Gasteiger partial charge in [0.05, 0.1) is 10.6 Å². The molecule has 2 aromatic rings. The predicted molar refractivity (Wildman–Crippen MR) is 111 cm³/mol. The molecule has 1 aliphatic heterocycles. The third-order valence-corrected chi connectivity index (χ3v) is 5.39. The summed E-state index contributed by atoms with van der Waals surface area (Å²) in [5.74, 6) is -0.378. The Morgan fingerprint density at radius 1 is 1.10 bits per heavy atom. The molecule has 0 atom stereocenters. The van der Waals surface area contributed by atoms with E-state index in [1.165, 1.54) is 24.3 Å². The molecule has 5 nitrogen and oxygen atoms in total. The minimum atomic E-state index is -4.34. The summed E-state index contributed by atoms with van der Waals surface area (Å²) in [5.41, 5.74) is 0.0500. The number of rotatable bonds is 6. The lowest BCUT2D eigenvalue weighted by Crippen LogP contribution is -2.47. The zero-order valence-corrected chi connectivity index (χ0v) is 17.6. The number of anilines is 1. The van der Waals surface area contributed by atoms with Crippen LogP contribution in [0.4, 0.5) is 18.9 Å². The first-order valence-corrected chi connectivity index (χ1v) is 10.2. The Balaban J connectivity index is 1.41. The van der Waals surface area contributed by atoms with Gasteiger partial charge in [0.1, 0.15) is 10.8 Å². The average molecular weight is 461 g/mol. The van der Waals surface area contributed by atoms with Crippen molar-refractivity contribution in [2.75, 3.05) is 44.2 Å². The Morgan fingerprint density at radius 3 is 2.53 bits per heavy atom. The second-order valence-corrected chi connectivity index (χ2v) is 7.75. The number of pyridine rings is 1. The predicted octanol–water partition coefficient (Wildman–Crippen LogP) is 4.35. The van der Waals surface area contributed by atoms with Gasteiger partial charge in [-0.2, -0.15) is 13.2 Å². The van der Waals surface area contributed by atoms with E-state index in [4.69, 9.17) is 23.2 Å². The molecule has 1 aromatic heterocycles. The highest BCUT2D eigenvalue weighted by Gasteiger charge is 2.31. The van der Waals surface area contributed by atoms with E-state index in [1.54, 1.807) is 6.07 Å². The van der Waals surface area contributed by atoms with Gasteiger partial charge < -0.3 is 10.2 Å². The van der Waals surface area contributed by atoms with E-state index in [0.717, 1.165) is 32.1 Å². The zero-order chi connectivity index (χ0) is 21.7. The molecule has 1 saturated heterocycles. The molecular weight excluding hydrogens is 440 g/mol. The number of piperazine rings is 1. The summed E-state index contributed by atoms with van der Waals surface area (Å²) in [6.45, 7) is 4.01. The molecule has 0 radical (unpaired) electrons. The second-order valence-electron chi connectivity index (χ2n) is 6.95. The van der Waals surface area contributed by atoms with Crippen LogP contribution in [0.15, 0.2) is 36.4 Å². The summed E-state index contributed by atoms with van der Waals surface area (Å²) >= 11 is 11.8. The molecule has 0 aliphatic carbocycles. The SMILES string of the molecule is O=C(NCCCN1CCN(c2cccc(C(F)(F)F)c2)CC1)c1nc(Cl)ccc1Cl. The highest BCUT2D eigenvalue weighted by Crippen LogP contribution is 2.31. The van der Waals surface area contributed by atoms with Crippen molar-refractivity contribution in [3.8, 4) is 0 Å². The van der Waals surface area contributed by atoms with Crippen LogP contribution in [0.1, 0.15) is 22.5 Å². The number of carbonyl (C=O) groups excluding carboxylic acids is 1. The molecule has 30 heavy (non-hydrogen) atoms. The van der Waals surface area contributed by atoms with Crippen molar-refractivity contribution in [1.29, 1.82) is 0 Å². The van der Waals surface area contributed by atoms with Crippen LogP contribution >= 0.6 is 23.2 Å². The maximum atomic E-state index is 12.9. The van der Waals surface area contributed by atoms with Crippen molar-refractivity contribution in [2.45, 2.75) is 12.6 Å². The first-order valence-electron chi connectivity index (χ1n) is 9.49. The number of nitrogens with zero attached hydrogens (tertiary/aromatic N) is 3. The van der Waals surface area contributed by atoms with Crippen LogP contribution < -0.4 is 10.2 Å². The van der Waals surface area contributed by atoms with E-state index in [1.807, 2.05) is 4.90 Å². The van der Waals surface area contributed by atoms with Gasteiger partial charge in [-0.25, -0.2) is 4.98 Å². The molecule has 3 rings (SSSR count). The normalized spacial score (nSPS) is 15.3. The first-order chi connectivity index (χ1) is 14.2. The van der Waals surface area contributed by atoms with E-state index in [2.05, 4.69) is 15.2 Å². The van der Waals surface area contributed by atoms with Gasteiger partial charge in [-0.05, 0) is 43.3 Å². The summed E-state index contributed by atoms with van der Waals surface area (Å²) < 4.78 is 38.7. The largest absolute Gasteiger partial charge is 0.416 e. The summed E-state index contributed by atoms with van der Waals surface area (Å²) in [5, 5.41) is 3.21. The smallest absolute Gasteiger partial charge is 0.369 e. The lowest BCUT2D eigenvalue weighted by molar-refractivity contribution is -0.137. The Bertz CT molecular complexity index is 887. The number of aromatic nitrogens is 1. The fraction of sp³-hybridized carbons (Fsp3) is 0.400. The van der Waals surface area contributed by atoms with E-state index in [9.17, 15) is 18.0 Å². The number of hydrogen-bond donors (Lipinski definition) is 1. The molecule has 1 amide bonds. The highest BCUT2D eigenvalue weighted by atomic mass is 35.5. The third kappa shape index (κ3) is 6.00. The number of nitrogens with one attached hydrogen (secondary N) is 1. The molecule has 162 valence electrons. The summed E-state index contributed by atoms with van der Waals surface area (Å²) in [7, 11) is 0. The number of benzene rings is 1. The molecule has 1 aliphatic rings. The van der Waals surface area contributed by atoms with E-state index in [-0.39, 0.29) is 21.8 Å². The molecular formula is C20H21Cl2F3N4O. The van der Waals surface area contributed by atoms with Gasteiger partial charge in [-0.3, -0.25) is 9.69 Å². The lowest BCUT2D eigenvalue weighted by atomic mass is 10.1. The standard InChI is InChI=1S/C20H21Cl2F3N4O/c21-16-5-6-17(22)27-18(16)19(30)26-7-2-8-28-9-11-29(12-10-28)15-4-1-3-14(13-15)20(23,24)25/h1,3-6,13H,2,7-12H2,(H,26,30). The molecule has 0 saturated carbocycles. The van der Waals surface area contributed by atoms with Gasteiger partial charge in [0, 0.05) is 38.4 Å². The van der Waals surface area contributed by atoms with Gasteiger partial charge in [0.2, 0.25) is 0 Å². The fourth-order valence-corrected chi connectivity index (χ4v) is 3.61. The molecule has 1 fully saturated rings. The fourth-order valence-electron chi connectivity index (χ4n) is 3.27. The van der Waals surface area contributed by atoms with Crippen molar-refractivity contribution < 1.29 is 18.0 Å². The quantitative estimate of drug-likeness (QED) is 0.514. The average Bonchev–Trinajstić information content (AvgIpc) is 2.73. The zero-order valence-electron chi connectivity index (χ0n) is 16.1. The maximum absolute atomic E-state index is 12.9. The Labute approximate surface area is 182 Å². The number of halogens is 5. The summed E-state index contributed by atoms with van der Waals surface area (Å²) in [4.78, 5) is 20.3. The van der Waals surface area contributed by atoms with Crippen molar-refractivity contribution in [2.24, 2.45) is 0 Å². The Morgan fingerprint density at radius 2 is 1.83 bits per heavy atom. The first kappa shape index (κ1) is 22.7. The monoisotopic (exact) mass is 460 g/mol. The van der Waals surface area contributed by atoms with E-state index in [0.29, 0.717) is 25.3 Å². The van der Waals surface area contributed by atoms with Crippen LogP contribution in [-0.4, -0.2) is 55.1 Å².